The standard InChI is InChI=1S/C15H20N4O/c1-3-20-14-7-5-4-6-12(14)13-8-10-17-15(18-13)19(2)11-9-16/h4-8,10H,3,9,11,16H2,1-2H3. The minimum absolute atomic E-state index is 0.569. The van der Waals surface area contributed by atoms with Gasteiger partial charge in [0, 0.05) is 31.9 Å². The number of nitrogens with two attached hydrogens (primary N) is 1. The highest BCUT2D eigenvalue weighted by Crippen LogP contribution is 2.28. The maximum Gasteiger partial charge on any atom is 0.225 e. The molecule has 20 heavy (non-hydrogen) atoms. The Bertz CT molecular complexity index is 559. The van der Waals surface area contributed by atoms with Gasteiger partial charge in [-0.1, -0.05) is 12.1 Å². The molecule has 106 valence electrons. The summed E-state index contributed by atoms with van der Waals surface area (Å²) in [6.07, 6.45) is 1.76. The molecule has 0 spiro atoms. The average Bonchev–Trinajstić information content (AvgIpc) is 2.48. The van der Waals surface area contributed by atoms with Crippen LogP contribution in [0.3, 0.4) is 0 Å². The molecule has 0 aliphatic heterocycles. The lowest BCUT2D eigenvalue weighted by Crippen LogP contribution is -2.26. The number of hydrogen-bond donors (Lipinski definition) is 1. The van der Waals surface area contributed by atoms with Gasteiger partial charge < -0.3 is 15.4 Å². The minimum Gasteiger partial charge on any atom is -0.493 e. The summed E-state index contributed by atoms with van der Waals surface area (Å²) in [4.78, 5) is 10.8. The van der Waals surface area contributed by atoms with Crippen LogP contribution in [-0.4, -0.2) is 36.7 Å². The minimum atomic E-state index is 0.569. The molecule has 5 heteroatoms. The van der Waals surface area contributed by atoms with E-state index in [-0.39, 0.29) is 0 Å². The molecule has 1 aromatic heterocycles. The Balaban J connectivity index is 2.36. The van der Waals surface area contributed by atoms with Crippen molar-refractivity contribution >= 4 is 5.95 Å². The zero-order chi connectivity index (χ0) is 14.4. The summed E-state index contributed by atoms with van der Waals surface area (Å²) in [5.74, 6) is 1.50. The fourth-order valence-corrected chi connectivity index (χ4v) is 1.94. The molecule has 2 aromatic rings. The SMILES string of the molecule is CCOc1ccccc1-c1ccnc(N(C)CCN)n1. The average molecular weight is 272 g/mol. The Morgan fingerprint density at radius 3 is 2.80 bits per heavy atom. The second-order valence-electron chi connectivity index (χ2n) is 4.38. The van der Waals surface area contributed by atoms with Gasteiger partial charge in [0.2, 0.25) is 5.95 Å². The van der Waals surface area contributed by atoms with Crippen LogP contribution in [0, 0.1) is 0 Å². The molecular weight excluding hydrogens is 252 g/mol. The number of likely N-dealkylation sites (N-methyl/N-ethyl adjacent to an activating group) is 1. The summed E-state index contributed by atoms with van der Waals surface area (Å²) >= 11 is 0. The van der Waals surface area contributed by atoms with E-state index in [0.717, 1.165) is 23.6 Å². The smallest absolute Gasteiger partial charge is 0.225 e. The van der Waals surface area contributed by atoms with E-state index in [0.29, 0.717) is 19.1 Å². The third-order valence-corrected chi connectivity index (χ3v) is 2.91. The lowest BCUT2D eigenvalue weighted by Gasteiger charge is -2.16. The van der Waals surface area contributed by atoms with E-state index < -0.39 is 0 Å². The third kappa shape index (κ3) is 3.24. The zero-order valence-electron chi connectivity index (χ0n) is 11.9. The summed E-state index contributed by atoms with van der Waals surface area (Å²) in [5, 5.41) is 0. The number of hydrogen-bond acceptors (Lipinski definition) is 5. The van der Waals surface area contributed by atoms with E-state index in [2.05, 4.69) is 9.97 Å². The van der Waals surface area contributed by atoms with Crippen molar-refractivity contribution in [1.82, 2.24) is 9.97 Å². The first-order valence-corrected chi connectivity index (χ1v) is 6.72. The summed E-state index contributed by atoms with van der Waals surface area (Å²) in [7, 11) is 1.93. The largest absolute Gasteiger partial charge is 0.493 e. The fraction of sp³-hybridized carbons (Fsp3) is 0.333. The van der Waals surface area contributed by atoms with Gasteiger partial charge in [0.1, 0.15) is 5.75 Å². The van der Waals surface area contributed by atoms with E-state index in [1.807, 2.05) is 49.2 Å². The molecule has 0 bridgehead atoms. The molecule has 2 N–H and O–H groups in total. The second-order valence-corrected chi connectivity index (χ2v) is 4.38. The Kier molecular flexibility index (Phi) is 4.90. The summed E-state index contributed by atoms with van der Waals surface area (Å²) in [5.41, 5.74) is 7.38. The molecule has 0 fully saturated rings. The highest BCUT2D eigenvalue weighted by molar-refractivity contribution is 5.67. The maximum atomic E-state index is 5.65. The first-order chi connectivity index (χ1) is 9.76. The van der Waals surface area contributed by atoms with E-state index in [4.69, 9.17) is 10.5 Å². The summed E-state index contributed by atoms with van der Waals surface area (Å²) in [6, 6.07) is 9.77. The van der Waals surface area contributed by atoms with Gasteiger partial charge in [0.25, 0.3) is 0 Å². The van der Waals surface area contributed by atoms with Crippen LogP contribution in [0.1, 0.15) is 6.92 Å². The summed E-state index contributed by atoms with van der Waals surface area (Å²) < 4.78 is 5.65. The molecular formula is C15H20N4O. The van der Waals surface area contributed by atoms with Gasteiger partial charge in [-0.2, -0.15) is 0 Å². The fourth-order valence-electron chi connectivity index (χ4n) is 1.94. The predicted molar refractivity (Wildman–Crippen MR) is 81.0 cm³/mol. The molecule has 0 radical (unpaired) electrons. The van der Waals surface area contributed by atoms with Crippen LogP contribution in [0.25, 0.3) is 11.3 Å². The predicted octanol–water partition coefficient (Wildman–Crippen LogP) is 1.94. The highest BCUT2D eigenvalue weighted by atomic mass is 16.5. The lowest BCUT2D eigenvalue weighted by atomic mass is 10.1. The van der Waals surface area contributed by atoms with Crippen molar-refractivity contribution in [3.63, 3.8) is 0 Å². The van der Waals surface area contributed by atoms with Crippen LogP contribution >= 0.6 is 0 Å². The molecule has 0 unspecified atom stereocenters. The van der Waals surface area contributed by atoms with Crippen molar-refractivity contribution in [1.29, 1.82) is 0 Å². The summed E-state index contributed by atoms with van der Waals surface area (Å²) in [6.45, 7) is 3.88. The topological polar surface area (TPSA) is 64.3 Å². The Morgan fingerprint density at radius 1 is 1.25 bits per heavy atom. The van der Waals surface area contributed by atoms with E-state index in [1.54, 1.807) is 6.20 Å². The van der Waals surface area contributed by atoms with E-state index in [9.17, 15) is 0 Å². The van der Waals surface area contributed by atoms with Gasteiger partial charge in [0.05, 0.1) is 12.3 Å². The van der Waals surface area contributed by atoms with Crippen molar-refractivity contribution in [2.75, 3.05) is 31.6 Å². The highest BCUT2D eigenvalue weighted by Gasteiger charge is 2.09. The third-order valence-electron chi connectivity index (χ3n) is 2.91. The van der Waals surface area contributed by atoms with E-state index >= 15 is 0 Å². The number of ether oxygens (including phenoxy) is 1. The van der Waals surface area contributed by atoms with Crippen LogP contribution in [0.2, 0.25) is 0 Å². The molecule has 0 aliphatic rings. The molecule has 0 saturated heterocycles. The normalized spacial score (nSPS) is 10.3. The molecule has 5 nitrogen and oxygen atoms in total. The first-order valence-electron chi connectivity index (χ1n) is 6.72. The molecule has 2 rings (SSSR count). The number of para-hydroxylation sites is 1. The molecule has 0 aliphatic carbocycles. The van der Waals surface area contributed by atoms with Gasteiger partial charge in [-0.3, -0.25) is 0 Å². The number of rotatable bonds is 6. The molecule has 1 heterocycles. The lowest BCUT2D eigenvalue weighted by molar-refractivity contribution is 0.341. The van der Waals surface area contributed by atoms with Gasteiger partial charge in [0.15, 0.2) is 0 Å². The van der Waals surface area contributed by atoms with E-state index in [1.165, 1.54) is 0 Å². The van der Waals surface area contributed by atoms with Gasteiger partial charge in [-0.15, -0.1) is 0 Å². The number of benzene rings is 1. The second kappa shape index (κ2) is 6.86. The van der Waals surface area contributed by atoms with Crippen molar-refractivity contribution in [3.8, 4) is 17.0 Å². The first kappa shape index (κ1) is 14.3. The van der Waals surface area contributed by atoms with Gasteiger partial charge in [-0.25, -0.2) is 9.97 Å². The Morgan fingerprint density at radius 2 is 2.05 bits per heavy atom. The van der Waals surface area contributed by atoms with Crippen LogP contribution in [0.4, 0.5) is 5.95 Å². The van der Waals surface area contributed by atoms with Crippen LogP contribution < -0.4 is 15.4 Å². The van der Waals surface area contributed by atoms with Crippen molar-refractivity contribution in [2.24, 2.45) is 5.73 Å². The van der Waals surface area contributed by atoms with Crippen molar-refractivity contribution in [2.45, 2.75) is 6.92 Å². The van der Waals surface area contributed by atoms with Crippen LogP contribution in [0.5, 0.6) is 5.75 Å². The zero-order valence-corrected chi connectivity index (χ0v) is 11.9. The molecule has 0 saturated carbocycles. The number of aromatic nitrogens is 2. The molecule has 1 aromatic carbocycles. The Hall–Kier alpha value is -2.14. The quantitative estimate of drug-likeness (QED) is 0.870. The number of anilines is 1. The van der Waals surface area contributed by atoms with Gasteiger partial charge >= 0.3 is 0 Å². The van der Waals surface area contributed by atoms with Gasteiger partial charge in [-0.05, 0) is 25.1 Å². The molecule has 0 atom stereocenters. The monoisotopic (exact) mass is 272 g/mol. The van der Waals surface area contributed by atoms with Crippen molar-refractivity contribution < 1.29 is 4.74 Å². The number of nitrogens with zero attached hydrogens (tertiary/aromatic N) is 3. The molecule has 0 amide bonds. The maximum absolute atomic E-state index is 5.65. The van der Waals surface area contributed by atoms with Crippen molar-refractivity contribution in [3.05, 3.63) is 36.5 Å². The van der Waals surface area contributed by atoms with Crippen LogP contribution in [-0.2, 0) is 0 Å². The van der Waals surface area contributed by atoms with Crippen LogP contribution in [0.15, 0.2) is 36.5 Å². The Labute approximate surface area is 119 Å².